The summed E-state index contributed by atoms with van der Waals surface area (Å²) < 4.78 is 5.24. The molecule has 0 aliphatic rings. The fourth-order valence-corrected chi connectivity index (χ4v) is 2.36. The van der Waals surface area contributed by atoms with Crippen molar-refractivity contribution >= 4 is 17.3 Å². The number of anilines is 1. The molecule has 0 aliphatic heterocycles. The Balaban J connectivity index is 2.98. The summed E-state index contributed by atoms with van der Waals surface area (Å²) in [6, 6.07) is 6.33. The van der Waals surface area contributed by atoms with Crippen molar-refractivity contribution in [2.75, 3.05) is 25.7 Å². The molecular weight excluding hydrogens is 272 g/mol. The van der Waals surface area contributed by atoms with E-state index in [0.717, 1.165) is 17.3 Å². The number of hydrogen-bond donors (Lipinski definition) is 1. The molecule has 0 radical (unpaired) electrons. The van der Waals surface area contributed by atoms with Gasteiger partial charge in [-0.3, -0.25) is 0 Å². The number of ether oxygens (including phenoxy) is 1. The molecule has 0 saturated carbocycles. The van der Waals surface area contributed by atoms with Crippen LogP contribution in [0.3, 0.4) is 0 Å². The first-order chi connectivity index (χ1) is 9.26. The van der Waals surface area contributed by atoms with Crippen LogP contribution in [-0.2, 0) is 11.3 Å². The van der Waals surface area contributed by atoms with E-state index in [1.54, 1.807) is 7.11 Å². The highest BCUT2D eigenvalue weighted by molar-refractivity contribution is 6.33. The fraction of sp³-hybridized carbons (Fsp3) is 0.625. The fourth-order valence-electron chi connectivity index (χ4n) is 2.03. The van der Waals surface area contributed by atoms with Crippen molar-refractivity contribution in [2.45, 2.75) is 45.8 Å². The second-order valence-electron chi connectivity index (χ2n) is 6.27. The Morgan fingerprint density at radius 3 is 2.55 bits per heavy atom. The van der Waals surface area contributed by atoms with E-state index in [-0.39, 0.29) is 11.6 Å². The molecule has 0 heterocycles. The topological polar surface area (TPSA) is 24.5 Å². The van der Waals surface area contributed by atoms with Crippen LogP contribution >= 0.6 is 11.6 Å². The largest absolute Gasteiger partial charge is 0.383 e. The van der Waals surface area contributed by atoms with Gasteiger partial charge in [-0.15, -0.1) is 0 Å². The molecule has 0 aliphatic carbocycles. The van der Waals surface area contributed by atoms with Gasteiger partial charge < -0.3 is 15.0 Å². The zero-order chi connectivity index (χ0) is 15.3. The smallest absolute Gasteiger partial charge is 0.0663 e. The van der Waals surface area contributed by atoms with Crippen molar-refractivity contribution in [2.24, 2.45) is 0 Å². The van der Waals surface area contributed by atoms with Gasteiger partial charge in [0.1, 0.15) is 0 Å². The van der Waals surface area contributed by atoms with Crippen molar-refractivity contribution in [3.05, 3.63) is 28.8 Å². The molecule has 1 atom stereocenters. The van der Waals surface area contributed by atoms with Gasteiger partial charge >= 0.3 is 0 Å². The van der Waals surface area contributed by atoms with Crippen LogP contribution in [0.15, 0.2) is 18.2 Å². The Bertz CT molecular complexity index is 429. The van der Waals surface area contributed by atoms with Crippen LogP contribution < -0.4 is 10.2 Å². The van der Waals surface area contributed by atoms with Crippen molar-refractivity contribution < 1.29 is 4.74 Å². The number of likely N-dealkylation sites (N-methyl/N-ethyl adjacent to an activating group) is 1. The van der Waals surface area contributed by atoms with Crippen LogP contribution in [-0.4, -0.2) is 32.3 Å². The van der Waals surface area contributed by atoms with E-state index in [1.165, 1.54) is 5.56 Å². The van der Waals surface area contributed by atoms with Gasteiger partial charge in [-0.25, -0.2) is 0 Å². The van der Waals surface area contributed by atoms with Gasteiger partial charge in [0.15, 0.2) is 0 Å². The molecule has 0 saturated heterocycles. The van der Waals surface area contributed by atoms with E-state index in [2.05, 4.69) is 51.0 Å². The number of para-hydroxylation sites is 1. The number of nitrogens with one attached hydrogen (secondary N) is 1. The highest BCUT2D eigenvalue weighted by atomic mass is 35.5. The van der Waals surface area contributed by atoms with Crippen LogP contribution in [0.5, 0.6) is 0 Å². The van der Waals surface area contributed by atoms with E-state index in [9.17, 15) is 0 Å². The first kappa shape index (κ1) is 17.3. The normalized spacial score (nSPS) is 13.3. The molecule has 1 rings (SSSR count). The Hall–Kier alpha value is -0.770. The minimum atomic E-state index is 0.0797. The first-order valence-corrected chi connectivity index (χ1v) is 7.38. The second-order valence-corrected chi connectivity index (χ2v) is 6.67. The van der Waals surface area contributed by atoms with Crippen LogP contribution in [0.25, 0.3) is 0 Å². The van der Waals surface area contributed by atoms with Crippen LogP contribution in [0, 0.1) is 0 Å². The van der Waals surface area contributed by atoms with Gasteiger partial charge in [0, 0.05) is 32.3 Å². The van der Waals surface area contributed by atoms with Gasteiger partial charge in [0.05, 0.1) is 17.3 Å². The molecule has 3 nitrogen and oxygen atoms in total. The predicted octanol–water partition coefficient (Wildman–Crippen LogP) is 3.70. The quantitative estimate of drug-likeness (QED) is 0.867. The van der Waals surface area contributed by atoms with Crippen LogP contribution in [0.4, 0.5) is 5.69 Å². The molecule has 0 aromatic heterocycles. The lowest BCUT2D eigenvalue weighted by Gasteiger charge is -2.30. The van der Waals surface area contributed by atoms with Crippen LogP contribution in [0.1, 0.15) is 33.3 Å². The molecule has 0 fully saturated rings. The number of benzene rings is 1. The molecule has 1 aromatic carbocycles. The average molecular weight is 299 g/mol. The van der Waals surface area contributed by atoms with Crippen molar-refractivity contribution in [3.63, 3.8) is 0 Å². The monoisotopic (exact) mass is 298 g/mol. The van der Waals surface area contributed by atoms with Gasteiger partial charge in [-0.05, 0) is 39.3 Å². The van der Waals surface area contributed by atoms with Gasteiger partial charge in [-0.2, -0.15) is 0 Å². The highest BCUT2D eigenvalue weighted by Crippen LogP contribution is 2.30. The third-order valence-electron chi connectivity index (χ3n) is 3.30. The maximum Gasteiger partial charge on any atom is 0.0663 e. The van der Waals surface area contributed by atoms with Crippen molar-refractivity contribution in [1.29, 1.82) is 0 Å². The van der Waals surface area contributed by atoms with Gasteiger partial charge in [-0.1, -0.05) is 23.7 Å². The zero-order valence-electron chi connectivity index (χ0n) is 13.5. The molecule has 20 heavy (non-hydrogen) atoms. The van der Waals surface area contributed by atoms with E-state index in [0.29, 0.717) is 6.61 Å². The van der Waals surface area contributed by atoms with Crippen LogP contribution in [0.2, 0.25) is 5.02 Å². The number of rotatable bonds is 6. The summed E-state index contributed by atoms with van der Waals surface area (Å²) in [7, 11) is 3.78. The molecule has 0 bridgehead atoms. The summed E-state index contributed by atoms with van der Waals surface area (Å²) in [5, 5.41) is 4.30. The molecule has 1 aromatic rings. The lowest BCUT2D eigenvalue weighted by Crippen LogP contribution is -2.37. The summed E-state index contributed by atoms with van der Waals surface area (Å²) in [6.07, 6.45) is 0. The van der Waals surface area contributed by atoms with E-state index in [4.69, 9.17) is 16.3 Å². The summed E-state index contributed by atoms with van der Waals surface area (Å²) in [5.41, 5.74) is 2.37. The maximum absolute atomic E-state index is 6.41. The lowest BCUT2D eigenvalue weighted by atomic mass is 10.1. The van der Waals surface area contributed by atoms with Gasteiger partial charge in [0.2, 0.25) is 0 Å². The molecule has 1 N–H and O–H groups in total. The van der Waals surface area contributed by atoms with E-state index >= 15 is 0 Å². The SMILES string of the molecule is COCC(C)N(C)c1c(Cl)cccc1CNC(C)(C)C. The number of hydrogen-bond acceptors (Lipinski definition) is 3. The minimum Gasteiger partial charge on any atom is -0.383 e. The third-order valence-corrected chi connectivity index (χ3v) is 3.61. The first-order valence-electron chi connectivity index (χ1n) is 7.00. The van der Waals surface area contributed by atoms with E-state index in [1.807, 2.05) is 12.1 Å². The number of methoxy groups -OCH3 is 1. The summed E-state index contributed by atoms with van der Waals surface area (Å²) in [4.78, 5) is 2.19. The maximum atomic E-state index is 6.41. The summed E-state index contributed by atoms with van der Waals surface area (Å²) in [6.45, 7) is 10.1. The lowest BCUT2D eigenvalue weighted by molar-refractivity contribution is 0.183. The van der Waals surface area contributed by atoms with E-state index < -0.39 is 0 Å². The summed E-state index contributed by atoms with van der Waals surface area (Å²) >= 11 is 6.41. The molecule has 1 unspecified atom stereocenters. The van der Waals surface area contributed by atoms with Crippen molar-refractivity contribution in [3.8, 4) is 0 Å². The standard InChI is InChI=1S/C16H27ClN2O/c1-12(11-20-6)19(5)15-13(8-7-9-14(15)17)10-18-16(2,3)4/h7-9,12,18H,10-11H2,1-6H3. The molecule has 4 heteroatoms. The third kappa shape index (κ3) is 4.97. The predicted molar refractivity (Wildman–Crippen MR) is 87.8 cm³/mol. The molecule has 0 amide bonds. The Kier molecular flexibility index (Phi) is 6.31. The zero-order valence-corrected chi connectivity index (χ0v) is 14.2. The molecule has 0 spiro atoms. The highest BCUT2D eigenvalue weighted by Gasteiger charge is 2.18. The molecule has 114 valence electrons. The van der Waals surface area contributed by atoms with Crippen molar-refractivity contribution in [1.82, 2.24) is 5.32 Å². The number of halogens is 1. The Labute approximate surface area is 128 Å². The minimum absolute atomic E-state index is 0.0797. The second kappa shape index (κ2) is 7.30. The summed E-state index contributed by atoms with van der Waals surface area (Å²) in [5.74, 6) is 0. The number of nitrogens with zero attached hydrogens (tertiary/aromatic N) is 1. The molecular formula is C16H27ClN2O. The van der Waals surface area contributed by atoms with Gasteiger partial charge in [0.25, 0.3) is 0 Å². The average Bonchev–Trinajstić information content (AvgIpc) is 2.35. The Morgan fingerprint density at radius 2 is 2.00 bits per heavy atom. The Morgan fingerprint density at radius 1 is 1.35 bits per heavy atom.